The molecule has 0 saturated heterocycles. The molecule has 1 N–H and O–H groups in total. The van der Waals surface area contributed by atoms with Crippen LogP contribution in [0.2, 0.25) is 0 Å². The van der Waals surface area contributed by atoms with Crippen molar-refractivity contribution >= 4 is 9.84 Å². The van der Waals surface area contributed by atoms with Crippen molar-refractivity contribution in [3.05, 3.63) is 53.9 Å². The molecule has 6 nitrogen and oxygen atoms in total. The number of nitrogens with one attached hydrogen (secondary N) is 1. The van der Waals surface area contributed by atoms with Crippen LogP contribution in [0.15, 0.2) is 47.5 Å². The first-order valence-corrected chi connectivity index (χ1v) is 11.5. The van der Waals surface area contributed by atoms with Crippen molar-refractivity contribution in [3.63, 3.8) is 0 Å². The topological polar surface area (TPSA) is 84.9 Å². The summed E-state index contributed by atoms with van der Waals surface area (Å²) >= 11 is 0. The summed E-state index contributed by atoms with van der Waals surface area (Å²) in [6, 6.07) is 10.5. The van der Waals surface area contributed by atoms with Crippen LogP contribution in [0.5, 0.6) is 11.5 Å². The lowest BCUT2D eigenvalue weighted by Crippen LogP contribution is -2.11. The van der Waals surface area contributed by atoms with E-state index in [9.17, 15) is 8.42 Å². The molecule has 2 heterocycles. The number of rotatable bonds is 5. The normalized spacial score (nSPS) is 14.8. The van der Waals surface area contributed by atoms with Gasteiger partial charge >= 0.3 is 0 Å². The van der Waals surface area contributed by atoms with Crippen molar-refractivity contribution in [2.75, 3.05) is 6.26 Å². The van der Waals surface area contributed by atoms with E-state index in [1.165, 1.54) is 6.26 Å². The Morgan fingerprint density at radius 2 is 1.86 bits per heavy atom. The second-order valence-electron chi connectivity index (χ2n) is 8.65. The first-order valence-electron chi connectivity index (χ1n) is 9.65. The highest BCUT2D eigenvalue weighted by Gasteiger charge is 2.28. The van der Waals surface area contributed by atoms with E-state index in [1.807, 2.05) is 18.3 Å². The number of nitrogens with zero attached hydrogens (tertiary/aromatic N) is 2. The van der Waals surface area contributed by atoms with Gasteiger partial charge in [-0.1, -0.05) is 26.8 Å². The summed E-state index contributed by atoms with van der Waals surface area (Å²) in [5.41, 5.74) is 3.52. The van der Waals surface area contributed by atoms with E-state index in [4.69, 9.17) is 4.74 Å². The van der Waals surface area contributed by atoms with Gasteiger partial charge < -0.3 is 4.74 Å². The molecule has 2 aromatic heterocycles. The minimum Gasteiger partial charge on any atom is -0.457 e. The van der Waals surface area contributed by atoms with Crippen molar-refractivity contribution in [1.82, 2.24) is 15.2 Å². The Balaban J connectivity index is 1.71. The standard InChI is InChI=1S/C22H25N3O3S/c1-22(2,3)21-12-19(24-25-21)18-11-20(17(13-23-18)14-8-9-14)28-15-6-5-7-16(10-15)29(4,26)27/h5-7,10-14H,8-9H2,1-4H3,(H,24,25). The molecule has 0 spiro atoms. The summed E-state index contributed by atoms with van der Waals surface area (Å²) in [5, 5.41) is 7.50. The van der Waals surface area contributed by atoms with Crippen LogP contribution in [0.3, 0.4) is 0 Å². The fraction of sp³-hybridized carbons (Fsp3) is 0.364. The molecule has 1 aliphatic rings. The summed E-state index contributed by atoms with van der Waals surface area (Å²) in [6.45, 7) is 6.37. The van der Waals surface area contributed by atoms with Crippen LogP contribution in [-0.2, 0) is 15.3 Å². The average molecular weight is 412 g/mol. The third-order valence-corrected chi connectivity index (χ3v) is 6.13. The predicted molar refractivity (Wildman–Crippen MR) is 112 cm³/mol. The number of pyridine rings is 1. The largest absolute Gasteiger partial charge is 0.457 e. The Labute approximate surface area is 171 Å². The number of H-pyrrole nitrogens is 1. The minimum atomic E-state index is -3.30. The Kier molecular flexibility index (Phi) is 4.73. The van der Waals surface area contributed by atoms with Crippen molar-refractivity contribution in [1.29, 1.82) is 0 Å². The maximum absolute atomic E-state index is 11.9. The molecule has 1 aromatic carbocycles. The molecule has 1 aliphatic carbocycles. The Morgan fingerprint density at radius 3 is 2.48 bits per heavy atom. The first kappa shape index (κ1) is 19.6. The summed E-state index contributed by atoms with van der Waals surface area (Å²) in [6.07, 6.45) is 5.26. The van der Waals surface area contributed by atoms with E-state index >= 15 is 0 Å². The number of aromatic nitrogens is 3. The second-order valence-corrected chi connectivity index (χ2v) is 10.7. The highest BCUT2D eigenvalue weighted by molar-refractivity contribution is 7.90. The van der Waals surface area contributed by atoms with E-state index in [1.54, 1.807) is 24.3 Å². The van der Waals surface area contributed by atoms with Crippen LogP contribution in [0.1, 0.15) is 50.8 Å². The van der Waals surface area contributed by atoms with Crippen LogP contribution >= 0.6 is 0 Å². The van der Waals surface area contributed by atoms with Crippen LogP contribution in [-0.4, -0.2) is 29.9 Å². The van der Waals surface area contributed by atoms with Crippen LogP contribution in [0.4, 0.5) is 0 Å². The van der Waals surface area contributed by atoms with Gasteiger partial charge in [0.15, 0.2) is 9.84 Å². The molecule has 152 valence electrons. The quantitative estimate of drug-likeness (QED) is 0.649. The van der Waals surface area contributed by atoms with E-state index in [0.717, 1.165) is 35.5 Å². The predicted octanol–water partition coefficient (Wildman–Crippen LogP) is 4.84. The van der Waals surface area contributed by atoms with Gasteiger partial charge in [-0.05, 0) is 43.0 Å². The maximum Gasteiger partial charge on any atom is 0.175 e. The van der Waals surface area contributed by atoms with E-state index in [2.05, 4.69) is 36.0 Å². The van der Waals surface area contributed by atoms with Crippen molar-refractivity contribution < 1.29 is 13.2 Å². The van der Waals surface area contributed by atoms with Crippen LogP contribution < -0.4 is 4.74 Å². The number of hydrogen-bond donors (Lipinski definition) is 1. The van der Waals surface area contributed by atoms with E-state index in [-0.39, 0.29) is 10.3 Å². The van der Waals surface area contributed by atoms with Crippen LogP contribution in [0, 0.1) is 0 Å². The van der Waals surface area contributed by atoms with Crippen molar-refractivity contribution in [2.24, 2.45) is 0 Å². The number of aromatic amines is 1. The third kappa shape index (κ3) is 4.34. The van der Waals surface area contributed by atoms with Gasteiger partial charge in [-0.15, -0.1) is 0 Å². The average Bonchev–Trinajstić information content (AvgIpc) is 3.35. The molecule has 0 aliphatic heterocycles. The van der Waals surface area contributed by atoms with E-state index < -0.39 is 9.84 Å². The first-order chi connectivity index (χ1) is 13.6. The van der Waals surface area contributed by atoms with E-state index in [0.29, 0.717) is 17.4 Å². The maximum atomic E-state index is 11.9. The SMILES string of the molecule is CC(C)(C)c1cc(-c2cc(Oc3cccc(S(C)(=O)=O)c3)c(C3CC3)cn2)n[nH]1. The lowest BCUT2D eigenvalue weighted by atomic mass is 9.92. The lowest BCUT2D eigenvalue weighted by Gasteiger charge is -2.14. The number of ether oxygens (including phenoxy) is 1. The Bertz CT molecular complexity index is 1160. The molecule has 0 unspecified atom stereocenters. The Hall–Kier alpha value is -2.67. The van der Waals surface area contributed by atoms with Gasteiger partial charge in [-0.2, -0.15) is 5.10 Å². The lowest BCUT2D eigenvalue weighted by molar-refractivity contribution is 0.474. The molecule has 0 radical (unpaired) electrons. The van der Waals surface area contributed by atoms with Gasteiger partial charge in [0.05, 0.1) is 10.6 Å². The summed E-state index contributed by atoms with van der Waals surface area (Å²) in [4.78, 5) is 4.84. The van der Waals surface area contributed by atoms with Crippen molar-refractivity contribution in [3.8, 4) is 22.9 Å². The molecular formula is C22H25N3O3S. The molecule has 0 atom stereocenters. The number of sulfone groups is 1. The summed E-state index contributed by atoms with van der Waals surface area (Å²) in [5.74, 6) is 1.63. The molecule has 7 heteroatoms. The zero-order valence-corrected chi connectivity index (χ0v) is 17.9. The van der Waals surface area contributed by atoms with Gasteiger partial charge in [0, 0.05) is 35.2 Å². The zero-order chi connectivity index (χ0) is 20.8. The van der Waals surface area contributed by atoms with Gasteiger partial charge in [-0.25, -0.2) is 8.42 Å². The van der Waals surface area contributed by atoms with Gasteiger partial charge in [0.1, 0.15) is 17.2 Å². The highest BCUT2D eigenvalue weighted by atomic mass is 32.2. The molecule has 4 rings (SSSR count). The molecular weight excluding hydrogens is 386 g/mol. The molecule has 1 saturated carbocycles. The molecule has 0 amide bonds. The van der Waals surface area contributed by atoms with Crippen molar-refractivity contribution in [2.45, 2.75) is 49.8 Å². The molecule has 3 aromatic rings. The number of benzene rings is 1. The minimum absolute atomic E-state index is 0.0371. The molecule has 0 bridgehead atoms. The highest BCUT2D eigenvalue weighted by Crippen LogP contribution is 2.45. The fourth-order valence-corrected chi connectivity index (χ4v) is 3.77. The zero-order valence-electron chi connectivity index (χ0n) is 17.1. The summed E-state index contributed by atoms with van der Waals surface area (Å²) in [7, 11) is -3.30. The fourth-order valence-electron chi connectivity index (χ4n) is 3.11. The van der Waals surface area contributed by atoms with Gasteiger partial charge in [-0.3, -0.25) is 10.1 Å². The monoisotopic (exact) mass is 411 g/mol. The molecule has 1 fully saturated rings. The molecule has 29 heavy (non-hydrogen) atoms. The number of hydrogen-bond acceptors (Lipinski definition) is 5. The third-order valence-electron chi connectivity index (χ3n) is 5.02. The van der Waals surface area contributed by atoms with Gasteiger partial charge in [0.25, 0.3) is 0 Å². The van der Waals surface area contributed by atoms with Gasteiger partial charge in [0.2, 0.25) is 0 Å². The van der Waals surface area contributed by atoms with Crippen LogP contribution in [0.25, 0.3) is 11.4 Å². The smallest absolute Gasteiger partial charge is 0.175 e. The summed E-state index contributed by atoms with van der Waals surface area (Å²) < 4.78 is 29.9. The second kappa shape index (κ2) is 6.99. The Morgan fingerprint density at radius 1 is 1.10 bits per heavy atom.